The van der Waals surface area contributed by atoms with Crippen molar-refractivity contribution < 1.29 is 9.18 Å². The molecule has 2 aliphatic rings. The Hall–Kier alpha value is -2.04. The summed E-state index contributed by atoms with van der Waals surface area (Å²) in [6.45, 7) is 1.57. The maximum Gasteiger partial charge on any atom is 0.317 e. The van der Waals surface area contributed by atoms with Gasteiger partial charge in [0.15, 0.2) is 0 Å². The lowest BCUT2D eigenvalue weighted by Crippen LogP contribution is -2.44. The Morgan fingerprint density at radius 2 is 1.95 bits per heavy atom. The number of hydrogen-bond acceptors (Lipinski definition) is 1. The van der Waals surface area contributed by atoms with Gasteiger partial charge in [-0.15, -0.1) is 0 Å². The van der Waals surface area contributed by atoms with Crippen LogP contribution in [0.4, 0.5) is 9.18 Å². The van der Waals surface area contributed by atoms with E-state index in [1.165, 1.54) is 6.07 Å². The van der Waals surface area contributed by atoms with E-state index in [0.29, 0.717) is 12.0 Å². The predicted octanol–water partition coefficient (Wildman–Crippen LogP) is 3.36. The molecule has 1 aliphatic carbocycles. The van der Waals surface area contributed by atoms with Crippen molar-refractivity contribution in [1.82, 2.24) is 15.2 Å². The number of H-pyrrole nitrogens is 1. The Labute approximate surface area is 128 Å². The van der Waals surface area contributed by atoms with Crippen molar-refractivity contribution in [3.63, 3.8) is 0 Å². The van der Waals surface area contributed by atoms with Crippen LogP contribution in [0.5, 0.6) is 0 Å². The lowest BCUT2D eigenvalue weighted by molar-refractivity contribution is 0.180. The summed E-state index contributed by atoms with van der Waals surface area (Å²) in [6.07, 6.45) is 4.14. The lowest BCUT2D eigenvalue weighted by atomic mass is 9.94. The van der Waals surface area contributed by atoms with E-state index in [4.69, 9.17) is 0 Å². The Morgan fingerprint density at radius 1 is 1.18 bits per heavy atom. The largest absolute Gasteiger partial charge is 0.358 e. The number of halogens is 1. The highest BCUT2D eigenvalue weighted by molar-refractivity contribution is 5.80. The molecule has 22 heavy (non-hydrogen) atoms. The van der Waals surface area contributed by atoms with Crippen LogP contribution in [0.25, 0.3) is 10.9 Å². The quantitative estimate of drug-likeness (QED) is 0.878. The normalized spacial score (nSPS) is 19.6. The van der Waals surface area contributed by atoms with Crippen molar-refractivity contribution in [2.24, 2.45) is 0 Å². The van der Waals surface area contributed by atoms with Gasteiger partial charge in [-0.1, -0.05) is 0 Å². The molecule has 4 rings (SSSR count). The molecule has 5 heteroatoms. The van der Waals surface area contributed by atoms with E-state index >= 15 is 0 Å². The van der Waals surface area contributed by atoms with Crippen molar-refractivity contribution >= 4 is 16.9 Å². The van der Waals surface area contributed by atoms with Crippen molar-refractivity contribution in [2.75, 3.05) is 13.1 Å². The Morgan fingerprint density at radius 3 is 2.68 bits per heavy atom. The number of carbonyl (C=O) groups is 1. The summed E-state index contributed by atoms with van der Waals surface area (Å²) in [5.41, 5.74) is 2.13. The molecule has 116 valence electrons. The third-order valence-corrected chi connectivity index (χ3v) is 4.73. The van der Waals surface area contributed by atoms with Crippen molar-refractivity contribution in [2.45, 2.75) is 37.6 Å². The van der Waals surface area contributed by atoms with E-state index in [-0.39, 0.29) is 11.8 Å². The number of urea groups is 1. The van der Waals surface area contributed by atoms with Crippen LogP contribution in [0.1, 0.15) is 37.3 Å². The Bertz CT molecular complexity index is 699. The zero-order chi connectivity index (χ0) is 15.1. The molecule has 0 unspecified atom stereocenters. The third-order valence-electron chi connectivity index (χ3n) is 4.73. The van der Waals surface area contributed by atoms with Gasteiger partial charge in [0.25, 0.3) is 0 Å². The number of carbonyl (C=O) groups excluding carboxylic acids is 1. The van der Waals surface area contributed by atoms with E-state index in [1.54, 1.807) is 12.1 Å². The third kappa shape index (κ3) is 2.67. The summed E-state index contributed by atoms with van der Waals surface area (Å²) in [6, 6.07) is 7.37. The van der Waals surface area contributed by atoms with Gasteiger partial charge < -0.3 is 15.2 Å². The number of likely N-dealkylation sites (tertiary alicyclic amines) is 1. The average molecular weight is 301 g/mol. The Kier molecular flexibility index (Phi) is 3.28. The maximum absolute atomic E-state index is 13.3. The molecule has 0 bridgehead atoms. The van der Waals surface area contributed by atoms with Crippen molar-refractivity contribution in [3.8, 4) is 0 Å². The number of amides is 2. The second kappa shape index (κ2) is 5.30. The lowest BCUT2D eigenvalue weighted by Gasteiger charge is -2.31. The summed E-state index contributed by atoms with van der Waals surface area (Å²) in [4.78, 5) is 17.3. The maximum atomic E-state index is 13.3. The smallest absolute Gasteiger partial charge is 0.317 e. The first kappa shape index (κ1) is 13.6. The number of rotatable bonds is 2. The van der Waals surface area contributed by atoms with Crippen molar-refractivity contribution in [1.29, 1.82) is 0 Å². The highest BCUT2D eigenvalue weighted by Gasteiger charge is 2.29. The predicted molar refractivity (Wildman–Crippen MR) is 83.4 cm³/mol. The van der Waals surface area contributed by atoms with Gasteiger partial charge >= 0.3 is 6.03 Å². The minimum absolute atomic E-state index is 0.0830. The van der Waals surface area contributed by atoms with Crippen LogP contribution < -0.4 is 5.32 Å². The van der Waals surface area contributed by atoms with E-state index in [1.807, 2.05) is 11.0 Å². The van der Waals surface area contributed by atoms with Gasteiger partial charge in [-0.3, -0.25) is 0 Å². The fourth-order valence-electron chi connectivity index (χ4n) is 3.23. The van der Waals surface area contributed by atoms with Crippen LogP contribution >= 0.6 is 0 Å². The summed E-state index contributed by atoms with van der Waals surface area (Å²) >= 11 is 0. The Balaban J connectivity index is 1.42. The molecule has 2 heterocycles. The number of aromatic amines is 1. The molecule has 1 aromatic carbocycles. The van der Waals surface area contributed by atoms with Gasteiger partial charge in [-0.2, -0.15) is 0 Å². The van der Waals surface area contributed by atoms with Gasteiger partial charge in [-0.25, -0.2) is 9.18 Å². The highest BCUT2D eigenvalue weighted by atomic mass is 19.1. The first-order valence-corrected chi connectivity index (χ1v) is 8.02. The SMILES string of the molecule is O=C(NC1CC1)N1CCC(c2cc3cc(F)ccc3[nH]2)CC1. The number of hydrogen-bond donors (Lipinski definition) is 2. The molecule has 1 aliphatic heterocycles. The number of piperidine rings is 1. The zero-order valence-corrected chi connectivity index (χ0v) is 12.4. The molecule has 2 aromatic rings. The molecule has 1 saturated heterocycles. The summed E-state index contributed by atoms with van der Waals surface area (Å²) in [5, 5.41) is 3.96. The summed E-state index contributed by atoms with van der Waals surface area (Å²) in [5.74, 6) is 0.213. The number of nitrogens with one attached hydrogen (secondary N) is 2. The van der Waals surface area contributed by atoms with Gasteiger partial charge in [-0.05, 0) is 49.9 Å². The van der Waals surface area contributed by atoms with Crippen LogP contribution in [-0.2, 0) is 0 Å². The van der Waals surface area contributed by atoms with E-state index < -0.39 is 0 Å². The molecule has 2 N–H and O–H groups in total. The molecule has 4 nitrogen and oxygen atoms in total. The standard InChI is InChI=1S/C17H20FN3O/c18-13-1-4-15-12(9-13)10-16(20-15)11-5-7-21(8-6-11)17(22)19-14-2-3-14/h1,4,9-11,14,20H,2-3,5-8H2,(H,19,22). The van der Waals surface area contributed by atoms with Gasteiger partial charge in [0.2, 0.25) is 0 Å². The van der Waals surface area contributed by atoms with E-state index in [0.717, 1.165) is 55.4 Å². The fourth-order valence-corrected chi connectivity index (χ4v) is 3.23. The molecule has 0 atom stereocenters. The fraction of sp³-hybridized carbons (Fsp3) is 0.471. The van der Waals surface area contributed by atoms with E-state index in [9.17, 15) is 9.18 Å². The first-order chi connectivity index (χ1) is 10.7. The highest BCUT2D eigenvalue weighted by Crippen LogP contribution is 2.30. The molecule has 1 aromatic heterocycles. The van der Waals surface area contributed by atoms with Crippen molar-refractivity contribution in [3.05, 3.63) is 35.8 Å². The average Bonchev–Trinajstić information content (AvgIpc) is 3.23. The number of aromatic nitrogens is 1. The molecule has 0 radical (unpaired) electrons. The van der Waals surface area contributed by atoms with Crippen LogP contribution in [0, 0.1) is 5.82 Å². The topological polar surface area (TPSA) is 48.1 Å². The van der Waals surface area contributed by atoms with Gasteiger partial charge in [0, 0.05) is 41.6 Å². The van der Waals surface area contributed by atoms with Gasteiger partial charge in [0.1, 0.15) is 5.82 Å². The summed E-state index contributed by atoms with van der Waals surface area (Å²) < 4.78 is 13.3. The molecule has 0 spiro atoms. The molecule has 1 saturated carbocycles. The monoisotopic (exact) mass is 301 g/mol. The molecule has 2 fully saturated rings. The number of nitrogens with zero attached hydrogens (tertiary/aromatic N) is 1. The van der Waals surface area contributed by atoms with Gasteiger partial charge in [0.05, 0.1) is 0 Å². The second-order valence-corrected chi connectivity index (χ2v) is 6.44. The zero-order valence-electron chi connectivity index (χ0n) is 12.4. The van der Waals surface area contributed by atoms with Crippen LogP contribution in [0.15, 0.2) is 24.3 Å². The molecular formula is C17H20FN3O. The summed E-state index contributed by atoms with van der Waals surface area (Å²) in [7, 11) is 0. The minimum Gasteiger partial charge on any atom is -0.358 e. The van der Waals surface area contributed by atoms with E-state index in [2.05, 4.69) is 10.3 Å². The van der Waals surface area contributed by atoms with Crippen LogP contribution in [0.2, 0.25) is 0 Å². The first-order valence-electron chi connectivity index (χ1n) is 8.02. The second-order valence-electron chi connectivity index (χ2n) is 6.44. The molecule has 2 amide bonds. The minimum atomic E-state index is -0.204. The van der Waals surface area contributed by atoms with Crippen LogP contribution in [-0.4, -0.2) is 35.0 Å². The number of benzene rings is 1. The van der Waals surface area contributed by atoms with Crippen LogP contribution in [0.3, 0.4) is 0 Å². The number of fused-ring (bicyclic) bond motifs is 1. The molecular weight excluding hydrogens is 281 g/mol.